The standard InChI is InChI=1S/C18H32N2OS/c1-14(13-22-18(3,4)5)19-12-16(20-10-6-7-11-20)17-9-8-15(2)21-17/h8-9,14,16,19H,6-7,10-13H2,1-5H3/t14-,16-/m0/s1. The molecule has 2 rings (SSSR count). The van der Waals surface area contributed by atoms with Gasteiger partial charge in [0, 0.05) is 23.1 Å². The van der Waals surface area contributed by atoms with E-state index in [4.69, 9.17) is 4.42 Å². The Bertz CT molecular complexity index is 446. The number of hydrogen-bond donors (Lipinski definition) is 1. The quantitative estimate of drug-likeness (QED) is 0.812. The molecule has 4 heteroatoms. The maximum absolute atomic E-state index is 5.92. The van der Waals surface area contributed by atoms with Crippen LogP contribution in [-0.2, 0) is 0 Å². The summed E-state index contributed by atoms with van der Waals surface area (Å²) in [5.41, 5.74) is 0. The zero-order chi connectivity index (χ0) is 16.2. The number of aryl methyl sites for hydroxylation is 1. The number of nitrogens with one attached hydrogen (secondary N) is 1. The highest BCUT2D eigenvalue weighted by Gasteiger charge is 2.26. The molecule has 0 aromatic carbocycles. The van der Waals surface area contributed by atoms with Crippen LogP contribution in [0.4, 0.5) is 0 Å². The molecule has 3 nitrogen and oxygen atoms in total. The van der Waals surface area contributed by atoms with E-state index in [1.54, 1.807) is 0 Å². The van der Waals surface area contributed by atoms with Gasteiger partial charge in [-0.1, -0.05) is 20.8 Å². The molecule has 0 saturated carbocycles. The highest BCUT2D eigenvalue weighted by Crippen LogP contribution is 2.27. The molecule has 0 amide bonds. The predicted molar refractivity (Wildman–Crippen MR) is 96.7 cm³/mol. The summed E-state index contributed by atoms with van der Waals surface area (Å²) in [4.78, 5) is 2.56. The molecule has 2 atom stereocenters. The predicted octanol–water partition coefficient (Wildman–Crippen LogP) is 4.23. The molecule has 1 fully saturated rings. The van der Waals surface area contributed by atoms with Crippen molar-refractivity contribution in [2.45, 2.75) is 64.3 Å². The molecule has 126 valence electrons. The Morgan fingerprint density at radius 3 is 2.50 bits per heavy atom. The van der Waals surface area contributed by atoms with Crippen LogP contribution in [0.2, 0.25) is 0 Å². The third-order valence-electron chi connectivity index (χ3n) is 4.10. The molecule has 0 spiro atoms. The molecular formula is C18H32N2OS. The zero-order valence-corrected chi connectivity index (χ0v) is 15.6. The van der Waals surface area contributed by atoms with E-state index in [1.165, 1.54) is 25.9 Å². The van der Waals surface area contributed by atoms with Crippen molar-refractivity contribution in [1.29, 1.82) is 0 Å². The zero-order valence-electron chi connectivity index (χ0n) is 14.8. The fourth-order valence-electron chi connectivity index (χ4n) is 2.84. The second kappa shape index (κ2) is 7.89. The molecule has 22 heavy (non-hydrogen) atoms. The molecule has 0 aliphatic carbocycles. The van der Waals surface area contributed by atoms with Crippen molar-refractivity contribution >= 4 is 11.8 Å². The van der Waals surface area contributed by atoms with E-state index in [9.17, 15) is 0 Å². The fourth-order valence-corrected chi connectivity index (χ4v) is 3.71. The minimum Gasteiger partial charge on any atom is -0.465 e. The number of nitrogens with zero attached hydrogens (tertiary/aromatic N) is 1. The van der Waals surface area contributed by atoms with Crippen LogP contribution in [0, 0.1) is 6.92 Å². The molecule has 1 aliphatic heterocycles. The smallest absolute Gasteiger partial charge is 0.122 e. The van der Waals surface area contributed by atoms with Gasteiger partial charge in [0.05, 0.1) is 6.04 Å². The molecule has 1 N–H and O–H groups in total. The fraction of sp³-hybridized carbons (Fsp3) is 0.778. The minimum atomic E-state index is 0.336. The van der Waals surface area contributed by atoms with Crippen LogP contribution in [0.15, 0.2) is 16.5 Å². The summed E-state index contributed by atoms with van der Waals surface area (Å²) in [7, 11) is 0. The van der Waals surface area contributed by atoms with E-state index in [1.807, 2.05) is 18.7 Å². The topological polar surface area (TPSA) is 28.4 Å². The molecule has 1 aliphatic rings. The molecule has 0 bridgehead atoms. The summed E-state index contributed by atoms with van der Waals surface area (Å²) >= 11 is 2.03. The van der Waals surface area contributed by atoms with E-state index in [-0.39, 0.29) is 0 Å². The van der Waals surface area contributed by atoms with Crippen molar-refractivity contribution in [2.24, 2.45) is 0 Å². The van der Waals surface area contributed by atoms with Gasteiger partial charge in [0.25, 0.3) is 0 Å². The maximum Gasteiger partial charge on any atom is 0.122 e. The SMILES string of the molecule is Cc1ccc([C@H](CN[C@@H](C)CSC(C)(C)C)N2CCCC2)o1. The van der Waals surface area contributed by atoms with Gasteiger partial charge in [-0.15, -0.1) is 0 Å². The minimum absolute atomic E-state index is 0.336. The van der Waals surface area contributed by atoms with Gasteiger partial charge in [-0.2, -0.15) is 11.8 Å². The van der Waals surface area contributed by atoms with Gasteiger partial charge in [-0.25, -0.2) is 0 Å². The summed E-state index contributed by atoms with van der Waals surface area (Å²) < 4.78 is 6.25. The Morgan fingerprint density at radius 1 is 1.27 bits per heavy atom. The number of hydrogen-bond acceptors (Lipinski definition) is 4. The molecule has 1 aromatic heterocycles. The molecule has 1 saturated heterocycles. The molecular weight excluding hydrogens is 292 g/mol. The van der Waals surface area contributed by atoms with Crippen molar-refractivity contribution in [3.8, 4) is 0 Å². The van der Waals surface area contributed by atoms with Crippen molar-refractivity contribution in [3.05, 3.63) is 23.7 Å². The van der Waals surface area contributed by atoms with Crippen molar-refractivity contribution < 1.29 is 4.42 Å². The lowest BCUT2D eigenvalue weighted by atomic mass is 10.2. The van der Waals surface area contributed by atoms with Crippen LogP contribution >= 0.6 is 11.8 Å². The van der Waals surface area contributed by atoms with Crippen LogP contribution in [-0.4, -0.2) is 41.1 Å². The van der Waals surface area contributed by atoms with E-state index in [0.717, 1.165) is 23.8 Å². The Hall–Kier alpha value is -0.450. The summed E-state index contributed by atoms with van der Waals surface area (Å²) in [6.07, 6.45) is 2.62. The van der Waals surface area contributed by atoms with Gasteiger partial charge >= 0.3 is 0 Å². The van der Waals surface area contributed by atoms with E-state index < -0.39 is 0 Å². The highest BCUT2D eigenvalue weighted by atomic mass is 32.2. The van der Waals surface area contributed by atoms with Gasteiger partial charge in [-0.3, -0.25) is 4.90 Å². The number of likely N-dealkylation sites (tertiary alicyclic amines) is 1. The van der Waals surface area contributed by atoms with Crippen LogP contribution in [0.25, 0.3) is 0 Å². The van der Waals surface area contributed by atoms with Gasteiger partial charge in [0.2, 0.25) is 0 Å². The van der Waals surface area contributed by atoms with Gasteiger partial charge in [-0.05, 0) is 51.9 Å². The Morgan fingerprint density at radius 2 is 1.95 bits per heavy atom. The van der Waals surface area contributed by atoms with Crippen molar-refractivity contribution in [2.75, 3.05) is 25.4 Å². The molecule has 0 radical (unpaired) electrons. The lowest BCUT2D eigenvalue weighted by molar-refractivity contribution is 0.205. The van der Waals surface area contributed by atoms with E-state index in [2.05, 4.69) is 50.0 Å². The first-order valence-corrected chi connectivity index (χ1v) is 9.51. The first kappa shape index (κ1) is 17.9. The Labute approximate surface area is 140 Å². The van der Waals surface area contributed by atoms with Crippen molar-refractivity contribution in [3.63, 3.8) is 0 Å². The summed E-state index contributed by atoms with van der Waals surface area (Å²) in [6, 6.07) is 5.12. The van der Waals surface area contributed by atoms with Gasteiger partial charge in [0.15, 0.2) is 0 Å². The highest BCUT2D eigenvalue weighted by molar-refractivity contribution is 8.00. The monoisotopic (exact) mass is 324 g/mol. The summed E-state index contributed by atoms with van der Waals surface area (Å²) in [5.74, 6) is 3.27. The normalized spacial score (nSPS) is 19.5. The second-order valence-electron chi connectivity index (χ2n) is 7.44. The third-order valence-corrected chi connectivity index (χ3v) is 5.63. The van der Waals surface area contributed by atoms with E-state index >= 15 is 0 Å². The van der Waals surface area contributed by atoms with Gasteiger partial charge < -0.3 is 9.73 Å². The molecule has 1 aromatic rings. The summed E-state index contributed by atoms with van der Waals surface area (Å²) in [5, 5.41) is 3.72. The average Bonchev–Trinajstić information content (AvgIpc) is 3.08. The maximum atomic E-state index is 5.92. The first-order chi connectivity index (χ1) is 10.3. The first-order valence-electron chi connectivity index (χ1n) is 8.53. The molecule has 0 unspecified atom stereocenters. The van der Waals surface area contributed by atoms with Crippen LogP contribution in [0.1, 0.15) is 58.1 Å². The summed E-state index contributed by atoms with van der Waals surface area (Å²) in [6.45, 7) is 14.5. The van der Waals surface area contributed by atoms with Gasteiger partial charge in [0.1, 0.15) is 11.5 Å². The van der Waals surface area contributed by atoms with Crippen molar-refractivity contribution in [1.82, 2.24) is 10.2 Å². The number of rotatable bonds is 7. The Kier molecular flexibility index (Phi) is 6.42. The molecule has 2 heterocycles. The largest absolute Gasteiger partial charge is 0.465 e. The lowest BCUT2D eigenvalue weighted by Crippen LogP contribution is -2.39. The van der Waals surface area contributed by atoms with Crippen LogP contribution < -0.4 is 5.32 Å². The lowest BCUT2D eigenvalue weighted by Gasteiger charge is -2.28. The second-order valence-corrected chi connectivity index (χ2v) is 9.29. The Balaban J connectivity index is 1.89. The van der Waals surface area contributed by atoms with Crippen LogP contribution in [0.5, 0.6) is 0 Å². The number of furan rings is 1. The van der Waals surface area contributed by atoms with E-state index in [0.29, 0.717) is 16.8 Å². The van der Waals surface area contributed by atoms with Crippen LogP contribution in [0.3, 0.4) is 0 Å². The number of thioether (sulfide) groups is 1. The average molecular weight is 325 g/mol. The third kappa shape index (κ3) is 5.64.